The molecule has 0 aliphatic carbocycles. The Bertz CT molecular complexity index is 657. The fraction of sp³-hybridized carbons (Fsp3) is 0.263. The minimum atomic E-state index is -0.123. The standard InChI is InChI=1S/C19H18O3/c20-17-10-6-15(7-11-17)4-5-16-8-12-18(13-9-16)22-19-3-1-2-14-21-19/h6-13,19-20H,1-3,14H2. The lowest BCUT2D eigenvalue weighted by Crippen LogP contribution is -2.24. The lowest BCUT2D eigenvalue weighted by molar-refractivity contribution is -0.105. The zero-order chi connectivity index (χ0) is 15.2. The Morgan fingerprint density at radius 3 is 2.14 bits per heavy atom. The first-order valence-electron chi connectivity index (χ1n) is 7.49. The monoisotopic (exact) mass is 294 g/mol. The molecule has 0 aromatic heterocycles. The molecule has 1 fully saturated rings. The van der Waals surface area contributed by atoms with Gasteiger partial charge < -0.3 is 14.6 Å². The van der Waals surface area contributed by atoms with E-state index < -0.39 is 0 Å². The van der Waals surface area contributed by atoms with Crippen LogP contribution in [0, 0.1) is 11.8 Å². The molecule has 0 radical (unpaired) electrons. The van der Waals surface area contributed by atoms with Crippen LogP contribution in [0.5, 0.6) is 11.5 Å². The number of rotatable bonds is 2. The van der Waals surface area contributed by atoms with Gasteiger partial charge in [0.15, 0.2) is 6.29 Å². The molecule has 112 valence electrons. The molecule has 1 N–H and O–H groups in total. The molecule has 1 saturated heterocycles. The van der Waals surface area contributed by atoms with Gasteiger partial charge in [0.1, 0.15) is 11.5 Å². The summed E-state index contributed by atoms with van der Waals surface area (Å²) in [5.74, 6) is 7.21. The normalized spacial score (nSPS) is 17.4. The molecule has 1 heterocycles. The molecule has 0 spiro atoms. The maximum Gasteiger partial charge on any atom is 0.199 e. The number of benzene rings is 2. The number of aromatic hydroxyl groups is 1. The predicted octanol–water partition coefficient (Wildman–Crippen LogP) is 3.70. The van der Waals surface area contributed by atoms with Crippen molar-refractivity contribution in [1.29, 1.82) is 0 Å². The van der Waals surface area contributed by atoms with E-state index >= 15 is 0 Å². The van der Waals surface area contributed by atoms with Crippen LogP contribution in [0.15, 0.2) is 48.5 Å². The number of hydrogen-bond acceptors (Lipinski definition) is 3. The van der Waals surface area contributed by atoms with Crippen LogP contribution in [-0.2, 0) is 4.74 Å². The Hall–Kier alpha value is -2.44. The first kappa shape index (κ1) is 14.5. The van der Waals surface area contributed by atoms with Crippen LogP contribution in [-0.4, -0.2) is 18.0 Å². The Morgan fingerprint density at radius 1 is 0.909 bits per heavy atom. The van der Waals surface area contributed by atoms with E-state index in [-0.39, 0.29) is 12.0 Å². The molecule has 1 atom stereocenters. The molecule has 0 amide bonds. The molecular weight excluding hydrogens is 276 g/mol. The van der Waals surface area contributed by atoms with E-state index in [4.69, 9.17) is 9.47 Å². The van der Waals surface area contributed by atoms with Crippen molar-refractivity contribution in [3.63, 3.8) is 0 Å². The number of hydrogen-bond donors (Lipinski definition) is 1. The molecule has 2 aromatic rings. The van der Waals surface area contributed by atoms with Gasteiger partial charge in [0.2, 0.25) is 0 Å². The van der Waals surface area contributed by atoms with Crippen LogP contribution in [0.1, 0.15) is 30.4 Å². The molecule has 3 nitrogen and oxygen atoms in total. The minimum absolute atomic E-state index is 0.123. The van der Waals surface area contributed by atoms with Gasteiger partial charge in [-0.25, -0.2) is 0 Å². The smallest absolute Gasteiger partial charge is 0.199 e. The minimum Gasteiger partial charge on any atom is -0.508 e. The van der Waals surface area contributed by atoms with Gasteiger partial charge in [0, 0.05) is 17.5 Å². The Morgan fingerprint density at radius 2 is 1.55 bits per heavy atom. The van der Waals surface area contributed by atoms with Crippen molar-refractivity contribution in [2.45, 2.75) is 25.6 Å². The Labute approximate surface area is 130 Å². The van der Waals surface area contributed by atoms with Crippen LogP contribution in [0.2, 0.25) is 0 Å². The third-order valence-corrected chi connectivity index (χ3v) is 3.48. The van der Waals surface area contributed by atoms with E-state index in [0.717, 1.165) is 42.7 Å². The van der Waals surface area contributed by atoms with Crippen molar-refractivity contribution in [1.82, 2.24) is 0 Å². The van der Waals surface area contributed by atoms with E-state index in [9.17, 15) is 5.11 Å². The van der Waals surface area contributed by atoms with Crippen molar-refractivity contribution < 1.29 is 14.6 Å². The first-order chi connectivity index (χ1) is 10.8. The van der Waals surface area contributed by atoms with Gasteiger partial charge in [-0.3, -0.25) is 0 Å². The summed E-state index contributed by atoms with van der Waals surface area (Å²) in [5, 5.41) is 9.23. The third-order valence-electron chi connectivity index (χ3n) is 3.48. The molecule has 0 bridgehead atoms. The molecule has 22 heavy (non-hydrogen) atoms. The highest BCUT2D eigenvalue weighted by molar-refractivity contribution is 5.45. The third kappa shape index (κ3) is 4.03. The van der Waals surface area contributed by atoms with Crippen LogP contribution < -0.4 is 4.74 Å². The second-order valence-corrected chi connectivity index (χ2v) is 5.24. The van der Waals surface area contributed by atoms with Gasteiger partial charge in [0.25, 0.3) is 0 Å². The maximum absolute atomic E-state index is 9.23. The quantitative estimate of drug-likeness (QED) is 0.858. The molecule has 3 rings (SSSR count). The molecule has 1 unspecified atom stereocenters. The molecular formula is C19H18O3. The highest BCUT2D eigenvalue weighted by Crippen LogP contribution is 2.19. The van der Waals surface area contributed by atoms with E-state index in [1.807, 2.05) is 24.3 Å². The highest BCUT2D eigenvalue weighted by atomic mass is 16.7. The summed E-state index contributed by atoms with van der Waals surface area (Å²) in [4.78, 5) is 0. The van der Waals surface area contributed by atoms with E-state index in [0.29, 0.717) is 0 Å². The number of ether oxygens (including phenoxy) is 2. The van der Waals surface area contributed by atoms with Crippen molar-refractivity contribution in [3.05, 3.63) is 59.7 Å². The topological polar surface area (TPSA) is 38.7 Å². The van der Waals surface area contributed by atoms with Gasteiger partial charge in [-0.1, -0.05) is 11.8 Å². The molecule has 1 aliphatic heterocycles. The van der Waals surface area contributed by atoms with Crippen LogP contribution in [0.3, 0.4) is 0 Å². The summed E-state index contributed by atoms with van der Waals surface area (Å²) in [6.45, 7) is 0.779. The summed E-state index contributed by atoms with van der Waals surface area (Å²) < 4.78 is 11.3. The van der Waals surface area contributed by atoms with Gasteiger partial charge >= 0.3 is 0 Å². The fourth-order valence-corrected chi connectivity index (χ4v) is 2.26. The van der Waals surface area contributed by atoms with Gasteiger partial charge in [-0.15, -0.1) is 0 Å². The average molecular weight is 294 g/mol. The van der Waals surface area contributed by atoms with Crippen LogP contribution in [0.4, 0.5) is 0 Å². The lowest BCUT2D eigenvalue weighted by Gasteiger charge is -2.23. The highest BCUT2D eigenvalue weighted by Gasteiger charge is 2.14. The van der Waals surface area contributed by atoms with E-state index in [2.05, 4.69) is 11.8 Å². The lowest BCUT2D eigenvalue weighted by atomic mass is 10.1. The number of phenolic OH excluding ortho intramolecular Hbond substituents is 1. The summed E-state index contributed by atoms with van der Waals surface area (Å²) >= 11 is 0. The summed E-state index contributed by atoms with van der Waals surface area (Å²) in [6, 6.07) is 14.5. The fourth-order valence-electron chi connectivity index (χ4n) is 2.26. The summed E-state index contributed by atoms with van der Waals surface area (Å²) in [7, 11) is 0. The van der Waals surface area contributed by atoms with Gasteiger partial charge in [-0.05, 0) is 61.4 Å². The zero-order valence-electron chi connectivity index (χ0n) is 12.3. The number of phenols is 1. The van der Waals surface area contributed by atoms with Gasteiger partial charge in [-0.2, -0.15) is 0 Å². The zero-order valence-corrected chi connectivity index (χ0v) is 12.3. The predicted molar refractivity (Wildman–Crippen MR) is 84.7 cm³/mol. The van der Waals surface area contributed by atoms with Crippen molar-refractivity contribution in [3.8, 4) is 23.3 Å². The maximum atomic E-state index is 9.23. The first-order valence-corrected chi connectivity index (χ1v) is 7.49. The average Bonchev–Trinajstić information content (AvgIpc) is 2.57. The largest absolute Gasteiger partial charge is 0.508 e. The molecule has 0 saturated carbocycles. The van der Waals surface area contributed by atoms with E-state index in [1.54, 1.807) is 24.3 Å². The Balaban J connectivity index is 1.63. The molecule has 1 aliphatic rings. The second-order valence-electron chi connectivity index (χ2n) is 5.24. The molecule has 3 heteroatoms. The summed E-state index contributed by atoms with van der Waals surface area (Å²) in [5.41, 5.74) is 1.79. The second kappa shape index (κ2) is 7.02. The van der Waals surface area contributed by atoms with Crippen LogP contribution in [0.25, 0.3) is 0 Å². The Kier molecular flexibility index (Phi) is 4.62. The van der Waals surface area contributed by atoms with Gasteiger partial charge in [0.05, 0.1) is 6.61 Å². The van der Waals surface area contributed by atoms with Crippen molar-refractivity contribution in [2.24, 2.45) is 0 Å². The molecule has 2 aromatic carbocycles. The van der Waals surface area contributed by atoms with Crippen molar-refractivity contribution >= 4 is 0 Å². The SMILES string of the molecule is Oc1ccc(C#Cc2ccc(OC3CCCCO3)cc2)cc1. The van der Waals surface area contributed by atoms with Crippen molar-refractivity contribution in [2.75, 3.05) is 6.61 Å². The van der Waals surface area contributed by atoms with Crippen LogP contribution >= 0.6 is 0 Å². The summed E-state index contributed by atoms with van der Waals surface area (Å²) in [6.07, 6.45) is 3.09. The van der Waals surface area contributed by atoms with E-state index in [1.165, 1.54) is 0 Å².